The first-order valence-electron chi connectivity index (χ1n) is 6.10. The van der Waals surface area contributed by atoms with Crippen molar-refractivity contribution < 1.29 is 13.9 Å². The van der Waals surface area contributed by atoms with Gasteiger partial charge < -0.3 is 5.11 Å². The molecule has 2 heterocycles. The van der Waals surface area contributed by atoms with Crippen molar-refractivity contribution in [2.24, 2.45) is 7.05 Å². The lowest BCUT2D eigenvalue weighted by Crippen LogP contribution is -2.21. The van der Waals surface area contributed by atoms with Crippen LogP contribution in [0.2, 0.25) is 5.15 Å². The minimum Gasteiger partial charge on any atom is -0.507 e. The van der Waals surface area contributed by atoms with Crippen LogP contribution in [0.3, 0.4) is 0 Å². The second-order valence-electron chi connectivity index (χ2n) is 4.57. The molecule has 0 spiro atoms. The fourth-order valence-electron chi connectivity index (χ4n) is 2.12. The van der Waals surface area contributed by atoms with Gasteiger partial charge in [-0.15, -0.1) is 0 Å². The van der Waals surface area contributed by atoms with Gasteiger partial charge in [0.25, 0.3) is 0 Å². The molecule has 0 aliphatic rings. The zero-order chi connectivity index (χ0) is 16.0. The van der Waals surface area contributed by atoms with Crippen LogP contribution < -0.4 is 5.69 Å². The lowest BCUT2D eigenvalue weighted by Gasteiger charge is -2.10. The summed E-state index contributed by atoms with van der Waals surface area (Å²) in [5.74, 6) is -2.19. The number of aryl methyl sites for hydroxylation is 1. The van der Waals surface area contributed by atoms with Crippen LogP contribution in [0.4, 0.5) is 8.78 Å². The summed E-state index contributed by atoms with van der Waals surface area (Å²) in [6.45, 7) is 0. The Morgan fingerprint density at radius 1 is 1.23 bits per heavy atom. The number of hydrogen-bond acceptors (Lipinski definition) is 4. The van der Waals surface area contributed by atoms with Crippen LogP contribution in [0.1, 0.15) is 0 Å². The Morgan fingerprint density at radius 3 is 2.64 bits per heavy atom. The number of rotatable bonds is 1. The second kappa shape index (κ2) is 5.03. The molecular weight excluding hydrogens is 316 g/mol. The van der Waals surface area contributed by atoms with Crippen molar-refractivity contribution in [3.8, 4) is 17.0 Å². The van der Waals surface area contributed by atoms with E-state index in [4.69, 9.17) is 11.6 Å². The van der Waals surface area contributed by atoms with E-state index in [0.717, 1.165) is 16.7 Å². The average molecular weight is 324 g/mol. The number of fused-ring (bicyclic) bond motifs is 1. The fourth-order valence-corrected chi connectivity index (χ4v) is 2.33. The van der Waals surface area contributed by atoms with E-state index < -0.39 is 28.8 Å². The molecule has 0 saturated heterocycles. The van der Waals surface area contributed by atoms with Crippen molar-refractivity contribution >= 4 is 22.6 Å². The topological polar surface area (TPSA) is 68.0 Å². The van der Waals surface area contributed by atoms with Gasteiger partial charge in [-0.25, -0.2) is 18.6 Å². The number of aromatic hydroxyl groups is 1. The van der Waals surface area contributed by atoms with E-state index in [-0.39, 0.29) is 21.7 Å². The van der Waals surface area contributed by atoms with Gasteiger partial charge >= 0.3 is 5.69 Å². The molecule has 0 fully saturated rings. The normalized spacial score (nSPS) is 11.1. The summed E-state index contributed by atoms with van der Waals surface area (Å²) in [7, 11) is 1.38. The highest BCUT2D eigenvalue weighted by Crippen LogP contribution is 2.33. The number of benzene rings is 1. The first-order chi connectivity index (χ1) is 10.4. The summed E-state index contributed by atoms with van der Waals surface area (Å²) in [6.07, 6.45) is 0. The van der Waals surface area contributed by atoms with Crippen molar-refractivity contribution in [2.45, 2.75) is 0 Å². The molecule has 112 valence electrons. The summed E-state index contributed by atoms with van der Waals surface area (Å²) in [5.41, 5.74) is -1.45. The van der Waals surface area contributed by atoms with Crippen molar-refractivity contribution in [2.75, 3.05) is 0 Å². The fraction of sp³-hybridized carbons (Fsp3) is 0.0714. The Bertz CT molecular complexity index is 952. The van der Waals surface area contributed by atoms with Crippen LogP contribution in [0.25, 0.3) is 22.3 Å². The van der Waals surface area contributed by atoms with Crippen LogP contribution in [0, 0.1) is 11.6 Å². The number of aromatic nitrogens is 3. The van der Waals surface area contributed by atoms with Crippen molar-refractivity contribution in [3.05, 3.63) is 51.5 Å². The van der Waals surface area contributed by atoms with E-state index in [0.29, 0.717) is 0 Å². The lowest BCUT2D eigenvalue weighted by molar-refractivity contribution is 0.470. The van der Waals surface area contributed by atoms with Crippen molar-refractivity contribution in [3.63, 3.8) is 0 Å². The maximum Gasteiger partial charge on any atom is 0.350 e. The van der Waals surface area contributed by atoms with Gasteiger partial charge in [-0.3, -0.25) is 4.57 Å². The van der Waals surface area contributed by atoms with Crippen LogP contribution >= 0.6 is 11.6 Å². The third-order valence-electron chi connectivity index (χ3n) is 3.21. The minimum absolute atomic E-state index is 0.0315. The van der Waals surface area contributed by atoms with Gasteiger partial charge in [-0.2, -0.15) is 4.98 Å². The Hall–Kier alpha value is -2.54. The zero-order valence-electron chi connectivity index (χ0n) is 11.1. The number of nitrogens with zero attached hydrogens (tertiary/aromatic N) is 3. The maximum absolute atomic E-state index is 14.3. The molecule has 0 bridgehead atoms. The van der Waals surface area contributed by atoms with Crippen LogP contribution in [-0.4, -0.2) is 19.6 Å². The molecule has 0 aliphatic heterocycles. The van der Waals surface area contributed by atoms with E-state index in [2.05, 4.69) is 9.97 Å². The molecule has 0 atom stereocenters. The van der Waals surface area contributed by atoms with Gasteiger partial charge in [-0.05, 0) is 18.2 Å². The predicted octanol–water partition coefficient (Wildman–Crippen LogP) is 2.63. The molecular formula is C14H8ClF2N3O2. The van der Waals surface area contributed by atoms with Crippen molar-refractivity contribution in [1.82, 2.24) is 14.5 Å². The molecule has 1 N–H and O–H groups in total. The monoisotopic (exact) mass is 323 g/mol. The maximum atomic E-state index is 14.3. The van der Waals surface area contributed by atoms with E-state index in [9.17, 15) is 18.7 Å². The van der Waals surface area contributed by atoms with Crippen LogP contribution in [0.5, 0.6) is 5.75 Å². The number of pyridine rings is 1. The first-order valence-corrected chi connectivity index (χ1v) is 6.48. The zero-order valence-corrected chi connectivity index (χ0v) is 11.9. The number of phenolic OH excluding ortho intramolecular Hbond substituents is 1. The quantitative estimate of drug-likeness (QED) is 0.699. The molecule has 8 heteroatoms. The van der Waals surface area contributed by atoms with Gasteiger partial charge in [0.05, 0.1) is 10.9 Å². The van der Waals surface area contributed by atoms with E-state index in [1.54, 1.807) is 0 Å². The molecule has 1 aromatic carbocycles. The minimum atomic E-state index is -0.893. The van der Waals surface area contributed by atoms with Crippen LogP contribution in [0.15, 0.2) is 29.1 Å². The Kier molecular flexibility index (Phi) is 3.29. The molecule has 0 radical (unpaired) electrons. The number of phenols is 1. The lowest BCUT2D eigenvalue weighted by atomic mass is 10.1. The summed E-state index contributed by atoms with van der Waals surface area (Å²) < 4.78 is 29.2. The van der Waals surface area contributed by atoms with Gasteiger partial charge in [0, 0.05) is 7.05 Å². The summed E-state index contributed by atoms with van der Waals surface area (Å²) in [4.78, 5) is 19.1. The first kappa shape index (κ1) is 14.4. The molecule has 3 aromatic rings. The van der Waals surface area contributed by atoms with Gasteiger partial charge in [0.1, 0.15) is 28.1 Å². The SMILES string of the molecule is Cn1c(=O)nc(Cl)c2cc(F)c(-c3c(O)cccc3F)nc21. The highest BCUT2D eigenvalue weighted by Gasteiger charge is 2.19. The molecule has 0 saturated carbocycles. The standard InChI is InChI=1S/C14H8ClF2N3O2/c1-20-13-6(12(15)19-14(20)22)5-8(17)11(18-13)10-7(16)3-2-4-9(10)21/h2-5,21H,1H3. The predicted molar refractivity (Wildman–Crippen MR) is 76.8 cm³/mol. The van der Waals surface area contributed by atoms with Gasteiger partial charge in [-0.1, -0.05) is 17.7 Å². The molecule has 0 amide bonds. The third kappa shape index (κ3) is 2.10. The Morgan fingerprint density at radius 2 is 1.95 bits per heavy atom. The van der Waals surface area contributed by atoms with Crippen LogP contribution in [-0.2, 0) is 7.05 Å². The second-order valence-corrected chi connectivity index (χ2v) is 4.93. The highest BCUT2D eigenvalue weighted by atomic mass is 35.5. The third-order valence-corrected chi connectivity index (χ3v) is 3.49. The Labute approximate surface area is 127 Å². The van der Waals surface area contributed by atoms with Gasteiger partial charge in [0.15, 0.2) is 5.82 Å². The smallest absolute Gasteiger partial charge is 0.350 e. The highest BCUT2D eigenvalue weighted by molar-refractivity contribution is 6.33. The summed E-state index contributed by atoms with van der Waals surface area (Å²) >= 11 is 5.81. The van der Waals surface area contributed by atoms with Crippen molar-refractivity contribution in [1.29, 1.82) is 0 Å². The summed E-state index contributed by atoms with van der Waals surface area (Å²) in [5, 5.41) is 9.68. The molecule has 5 nitrogen and oxygen atoms in total. The van der Waals surface area contributed by atoms with E-state index in [1.165, 1.54) is 19.2 Å². The Balaban J connectivity index is 2.44. The molecule has 3 rings (SSSR count). The van der Waals surface area contributed by atoms with E-state index >= 15 is 0 Å². The molecule has 2 aromatic heterocycles. The largest absolute Gasteiger partial charge is 0.507 e. The summed E-state index contributed by atoms with van der Waals surface area (Å²) in [6, 6.07) is 4.56. The van der Waals surface area contributed by atoms with E-state index in [1.807, 2.05) is 0 Å². The molecule has 0 aliphatic carbocycles. The molecule has 0 unspecified atom stereocenters. The molecule has 22 heavy (non-hydrogen) atoms. The van der Waals surface area contributed by atoms with Gasteiger partial charge in [0.2, 0.25) is 0 Å². The number of halogens is 3. The number of hydrogen-bond donors (Lipinski definition) is 1. The average Bonchev–Trinajstić information content (AvgIpc) is 2.46.